The van der Waals surface area contributed by atoms with E-state index in [4.69, 9.17) is 42.6 Å². The first-order valence-electron chi connectivity index (χ1n) is 15.2. The van der Waals surface area contributed by atoms with E-state index in [0.717, 1.165) is 16.7 Å². The van der Waals surface area contributed by atoms with E-state index in [-0.39, 0.29) is 13.2 Å². The summed E-state index contributed by atoms with van der Waals surface area (Å²) in [5, 5.41) is 10.5. The maximum absolute atomic E-state index is 10.5. The minimum absolute atomic E-state index is 0.143. The Morgan fingerprint density at radius 1 is 0.644 bits per heavy atom. The minimum atomic E-state index is -1.19. The monoisotopic (exact) mass is 624 g/mol. The molecule has 0 radical (unpaired) electrons. The first kappa shape index (κ1) is 33.6. The van der Waals surface area contributed by atoms with Crippen LogP contribution in [0.3, 0.4) is 0 Å². The summed E-state index contributed by atoms with van der Waals surface area (Å²) in [4.78, 5) is 0. The molecule has 1 N–H and O–H groups in total. The lowest BCUT2D eigenvalue weighted by Crippen LogP contribution is -2.47. The van der Waals surface area contributed by atoms with E-state index in [0.29, 0.717) is 19.8 Å². The van der Waals surface area contributed by atoms with Crippen LogP contribution in [0.25, 0.3) is 0 Å². The highest BCUT2D eigenvalue weighted by Gasteiger charge is 2.52. The Hall–Kier alpha value is -2.74. The van der Waals surface area contributed by atoms with E-state index >= 15 is 0 Å². The molecular formula is C35H44O10. The molecule has 3 aromatic rings. The molecule has 5 rings (SSSR count). The van der Waals surface area contributed by atoms with Gasteiger partial charge in [0.15, 0.2) is 12.6 Å². The van der Waals surface area contributed by atoms with Crippen molar-refractivity contribution in [3.05, 3.63) is 108 Å². The fourth-order valence-electron chi connectivity index (χ4n) is 5.74. The molecule has 0 unspecified atom stereocenters. The summed E-state index contributed by atoms with van der Waals surface area (Å²) < 4.78 is 54.9. The summed E-state index contributed by atoms with van der Waals surface area (Å²) in [6, 6.07) is 29.8. The second-order valence-electron chi connectivity index (χ2n) is 11.1. The number of aliphatic hydroxyl groups is 1. The van der Waals surface area contributed by atoms with Crippen LogP contribution in [0.2, 0.25) is 0 Å². The third-order valence-electron chi connectivity index (χ3n) is 8.01. The molecule has 0 spiro atoms. The Labute approximate surface area is 265 Å². The average Bonchev–Trinajstić information content (AvgIpc) is 3.58. The lowest BCUT2D eigenvalue weighted by atomic mass is 10.1. The summed E-state index contributed by atoms with van der Waals surface area (Å²) in [6.45, 7) is 1.48. The molecule has 3 aromatic carbocycles. The standard InChI is InChI=1S/C35H44O10/c1-37-22-27(30-31(38-2)32(39-3)34(36)45-30)43-35-33(42-21-26-17-11-6-12-18-26)29(41-20-25-15-9-5-10-16-25)28(44-35)23-40-19-24-13-7-4-8-14-24/h4-18,27-36H,19-23H2,1-3H3/t27-,28-,29-,30+,31+,32-,33+,34-,35+/m1/s1. The zero-order valence-electron chi connectivity index (χ0n) is 26.0. The smallest absolute Gasteiger partial charge is 0.187 e. The van der Waals surface area contributed by atoms with E-state index in [9.17, 15) is 5.11 Å². The number of aliphatic hydroxyl groups excluding tert-OH is 1. The van der Waals surface area contributed by atoms with Gasteiger partial charge in [-0.1, -0.05) is 91.0 Å². The molecular weight excluding hydrogens is 580 g/mol. The van der Waals surface area contributed by atoms with E-state index in [1.54, 1.807) is 14.2 Å². The number of rotatable bonds is 17. The summed E-state index contributed by atoms with van der Waals surface area (Å²) in [5.41, 5.74) is 3.07. The van der Waals surface area contributed by atoms with Crippen molar-refractivity contribution in [3.63, 3.8) is 0 Å². The summed E-state index contributed by atoms with van der Waals surface area (Å²) in [7, 11) is 4.61. The van der Waals surface area contributed by atoms with Crippen molar-refractivity contribution in [2.45, 2.75) is 75.1 Å². The molecule has 2 heterocycles. The number of hydrogen-bond donors (Lipinski definition) is 1. The predicted octanol–water partition coefficient (Wildman–Crippen LogP) is 3.88. The second kappa shape index (κ2) is 17.3. The number of ether oxygens (including phenoxy) is 9. The zero-order chi connectivity index (χ0) is 31.4. The van der Waals surface area contributed by atoms with Gasteiger partial charge < -0.3 is 47.7 Å². The highest BCUT2D eigenvalue weighted by atomic mass is 16.8. The van der Waals surface area contributed by atoms with E-state index in [2.05, 4.69) is 0 Å². The Bertz CT molecular complexity index is 1230. The fraction of sp³-hybridized carbons (Fsp3) is 0.486. The lowest BCUT2D eigenvalue weighted by Gasteiger charge is -2.31. The molecule has 2 fully saturated rings. The second-order valence-corrected chi connectivity index (χ2v) is 11.1. The average molecular weight is 625 g/mol. The maximum atomic E-state index is 10.5. The fourth-order valence-corrected chi connectivity index (χ4v) is 5.74. The van der Waals surface area contributed by atoms with E-state index in [1.165, 1.54) is 7.11 Å². The van der Waals surface area contributed by atoms with Gasteiger partial charge in [-0.05, 0) is 16.7 Å². The van der Waals surface area contributed by atoms with Gasteiger partial charge in [0.05, 0.1) is 33.0 Å². The van der Waals surface area contributed by atoms with Gasteiger partial charge in [0.1, 0.15) is 42.7 Å². The van der Waals surface area contributed by atoms with Crippen molar-refractivity contribution in [2.75, 3.05) is 34.5 Å². The molecule has 2 aliphatic heterocycles. The normalized spacial score (nSPS) is 28.8. The Morgan fingerprint density at radius 2 is 1.18 bits per heavy atom. The first-order chi connectivity index (χ1) is 22.1. The summed E-state index contributed by atoms with van der Waals surface area (Å²) in [5.74, 6) is 0. The van der Waals surface area contributed by atoms with Crippen LogP contribution in [0.4, 0.5) is 0 Å². The summed E-state index contributed by atoms with van der Waals surface area (Å²) in [6.07, 6.45) is -6.44. The SMILES string of the molecule is COC[C@@H](O[C@H]1O[C@H](COCc2ccccc2)[C@@H](OCc2ccccc2)[C@@H]1OCc1ccccc1)[C@@H]1O[C@@H](O)[C@H](OC)[C@H]1OC. The van der Waals surface area contributed by atoms with Crippen molar-refractivity contribution in [3.8, 4) is 0 Å². The predicted molar refractivity (Wildman–Crippen MR) is 164 cm³/mol. The highest BCUT2D eigenvalue weighted by molar-refractivity contribution is 5.15. The molecule has 10 heteroatoms. The van der Waals surface area contributed by atoms with Crippen LogP contribution in [0.1, 0.15) is 16.7 Å². The topological polar surface area (TPSA) is 103 Å². The molecule has 10 nitrogen and oxygen atoms in total. The largest absolute Gasteiger partial charge is 0.382 e. The van der Waals surface area contributed by atoms with Crippen LogP contribution in [0.15, 0.2) is 91.0 Å². The molecule has 0 saturated carbocycles. The van der Waals surface area contributed by atoms with Crippen LogP contribution in [-0.2, 0) is 62.5 Å². The number of benzene rings is 3. The third-order valence-corrected chi connectivity index (χ3v) is 8.01. The van der Waals surface area contributed by atoms with Crippen LogP contribution in [0.5, 0.6) is 0 Å². The molecule has 9 atom stereocenters. The molecule has 0 bridgehead atoms. The molecule has 0 aliphatic carbocycles. The third kappa shape index (κ3) is 8.96. The Kier molecular flexibility index (Phi) is 12.9. The van der Waals surface area contributed by atoms with Gasteiger partial charge >= 0.3 is 0 Å². The molecule has 2 saturated heterocycles. The van der Waals surface area contributed by atoms with Crippen molar-refractivity contribution in [1.29, 1.82) is 0 Å². The van der Waals surface area contributed by atoms with Gasteiger partial charge in [0.25, 0.3) is 0 Å². The molecule has 0 amide bonds. The molecule has 45 heavy (non-hydrogen) atoms. The first-order valence-corrected chi connectivity index (χ1v) is 15.2. The Morgan fingerprint density at radius 3 is 1.71 bits per heavy atom. The van der Waals surface area contributed by atoms with Gasteiger partial charge in [-0.3, -0.25) is 0 Å². The van der Waals surface area contributed by atoms with Crippen LogP contribution in [0, 0.1) is 0 Å². The highest BCUT2D eigenvalue weighted by Crippen LogP contribution is 2.34. The van der Waals surface area contributed by atoms with Crippen LogP contribution < -0.4 is 0 Å². The van der Waals surface area contributed by atoms with Crippen LogP contribution >= 0.6 is 0 Å². The minimum Gasteiger partial charge on any atom is -0.382 e. The zero-order valence-corrected chi connectivity index (χ0v) is 26.0. The number of methoxy groups -OCH3 is 3. The molecule has 244 valence electrons. The number of hydrogen-bond acceptors (Lipinski definition) is 10. The van der Waals surface area contributed by atoms with Crippen molar-refractivity contribution >= 4 is 0 Å². The van der Waals surface area contributed by atoms with Gasteiger partial charge in [0, 0.05) is 21.3 Å². The van der Waals surface area contributed by atoms with Gasteiger partial charge in [0.2, 0.25) is 0 Å². The van der Waals surface area contributed by atoms with Crippen LogP contribution in [-0.4, -0.2) is 95.0 Å². The van der Waals surface area contributed by atoms with Gasteiger partial charge in [-0.2, -0.15) is 0 Å². The quantitative estimate of drug-likeness (QED) is 0.238. The van der Waals surface area contributed by atoms with E-state index in [1.807, 2.05) is 91.0 Å². The maximum Gasteiger partial charge on any atom is 0.187 e. The van der Waals surface area contributed by atoms with E-state index < -0.39 is 55.3 Å². The molecule has 2 aliphatic rings. The van der Waals surface area contributed by atoms with Gasteiger partial charge in [-0.25, -0.2) is 0 Å². The van der Waals surface area contributed by atoms with Crippen molar-refractivity contribution in [2.24, 2.45) is 0 Å². The summed E-state index contributed by atoms with van der Waals surface area (Å²) >= 11 is 0. The van der Waals surface area contributed by atoms with Gasteiger partial charge in [-0.15, -0.1) is 0 Å². The van der Waals surface area contributed by atoms with Crippen molar-refractivity contribution in [1.82, 2.24) is 0 Å². The Balaban J connectivity index is 1.38. The van der Waals surface area contributed by atoms with Crippen molar-refractivity contribution < 1.29 is 47.7 Å². The lowest BCUT2D eigenvalue weighted by molar-refractivity contribution is -0.245. The molecule has 0 aromatic heterocycles.